The fourth-order valence-electron chi connectivity index (χ4n) is 1.55. The third-order valence-electron chi connectivity index (χ3n) is 2.40. The Morgan fingerprint density at radius 1 is 1.39 bits per heavy atom. The molecule has 1 atom stereocenters. The highest BCUT2D eigenvalue weighted by Gasteiger charge is 2.14. The maximum absolute atomic E-state index is 11.6. The van der Waals surface area contributed by atoms with E-state index in [1.165, 1.54) is 0 Å². The molecule has 5 nitrogen and oxygen atoms in total. The number of carbonyl (C=O) groups excluding carboxylic acids is 1. The third kappa shape index (κ3) is 4.25. The molecule has 100 valence electrons. The van der Waals surface area contributed by atoms with Crippen molar-refractivity contribution in [3.8, 4) is 5.75 Å². The van der Waals surface area contributed by atoms with E-state index in [0.717, 1.165) is 5.56 Å². The number of hydrogen-bond acceptors (Lipinski definition) is 3. The van der Waals surface area contributed by atoms with Crippen LogP contribution in [0.2, 0.25) is 0 Å². The van der Waals surface area contributed by atoms with Gasteiger partial charge in [0.25, 0.3) is 0 Å². The van der Waals surface area contributed by atoms with Gasteiger partial charge >= 0.3 is 6.03 Å². The highest BCUT2D eigenvalue weighted by atomic mass is 16.5. The molecule has 0 saturated heterocycles. The van der Waals surface area contributed by atoms with Crippen LogP contribution in [0.4, 0.5) is 4.79 Å². The quantitative estimate of drug-likeness (QED) is 0.742. The minimum Gasteiger partial charge on any atom is -0.497 e. The van der Waals surface area contributed by atoms with Crippen LogP contribution >= 0.6 is 0 Å². The van der Waals surface area contributed by atoms with Crippen LogP contribution < -0.4 is 15.4 Å². The lowest BCUT2D eigenvalue weighted by Gasteiger charge is -2.19. The number of rotatable bonds is 5. The van der Waals surface area contributed by atoms with Crippen LogP contribution in [0.25, 0.3) is 0 Å². The Morgan fingerprint density at radius 2 is 2.11 bits per heavy atom. The molecule has 0 bridgehead atoms. The highest BCUT2D eigenvalue weighted by molar-refractivity contribution is 5.74. The second-order valence-corrected chi connectivity index (χ2v) is 4.28. The van der Waals surface area contributed by atoms with E-state index in [9.17, 15) is 9.90 Å². The zero-order valence-electron chi connectivity index (χ0n) is 10.9. The van der Waals surface area contributed by atoms with Crippen LogP contribution in [-0.4, -0.2) is 30.9 Å². The fourth-order valence-corrected chi connectivity index (χ4v) is 1.55. The van der Waals surface area contributed by atoms with Crippen molar-refractivity contribution in [3.05, 3.63) is 29.8 Å². The standard InChI is InChI=1S/C13H20N2O3/c1-9(2)14-13(17)15-12(8-16)10-5-4-6-11(7-10)18-3/h4-7,9,12,16H,8H2,1-3H3,(H2,14,15,17)/t12-/m1/s1. The Balaban J connectivity index is 2.73. The molecule has 18 heavy (non-hydrogen) atoms. The molecule has 0 aliphatic heterocycles. The summed E-state index contributed by atoms with van der Waals surface area (Å²) < 4.78 is 5.11. The van der Waals surface area contributed by atoms with Crippen molar-refractivity contribution >= 4 is 6.03 Å². The Bertz CT molecular complexity index is 394. The number of ether oxygens (including phenoxy) is 1. The smallest absolute Gasteiger partial charge is 0.315 e. The van der Waals surface area contributed by atoms with Crippen molar-refractivity contribution in [2.24, 2.45) is 0 Å². The summed E-state index contributed by atoms with van der Waals surface area (Å²) >= 11 is 0. The number of amides is 2. The van der Waals surface area contributed by atoms with Gasteiger partial charge in [0.15, 0.2) is 0 Å². The molecule has 3 N–H and O–H groups in total. The zero-order chi connectivity index (χ0) is 13.5. The number of aliphatic hydroxyl groups excluding tert-OH is 1. The van der Waals surface area contributed by atoms with Gasteiger partial charge in [0.1, 0.15) is 5.75 Å². The van der Waals surface area contributed by atoms with Crippen LogP contribution in [0.3, 0.4) is 0 Å². The minimum absolute atomic E-state index is 0.0506. The monoisotopic (exact) mass is 252 g/mol. The molecule has 0 aliphatic carbocycles. The number of urea groups is 1. The van der Waals surface area contributed by atoms with Crippen molar-refractivity contribution in [1.29, 1.82) is 0 Å². The SMILES string of the molecule is COc1cccc([C@@H](CO)NC(=O)NC(C)C)c1. The van der Waals surface area contributed by atoms with Gasteiger partial charge in [-0.1, -0.05) is 12.1 Å². The lowest BCUT2D eigenvalue weighted by Crippen LogP contribution is -2.42. The summed E-state index contributed by atoms with van der Waals surface area (Å²) in [5.41, 5.74) is 0.802. The fraction of sp³-hybridized carbons (Fsp3) is 0.462. The van der Waals surface area contributed by atoms with Crippen molar-refractivity contribution in [2.45, 2.75) is 25.9 Å². The van der Waals surface area contributed by atoms with Crippen LogP contribution in [0.15, 0.2) is 24.3 Å². The van der Waals surface area contributed by atoms with E-state index in [2.05, 4.69) is 10.6 Å². The number of nitrogens with one attached hydrogen (secondary N) is 2. The van der Waals surface area contributed by atoms with Crippen molar-refractivity contribution < 1.29 is 14.6 Å². The molecular formula is C13H20N2O3. The van der Waals surface area contributed by atoms with E-state index in [4.69, 9.17) is 4.74 Å². The van der Waals surface area contributed by atoms with E-state index in [1.54, 1.807) is 13.2 Å². The number of benzene rings is 1. The van der Waals surface area contributed by atoms with Gasteiger partial charge in [-0.15, -0.1) is 0 Å². The summed E-state index contributed by atoms with van der Waals surface area (Å²) in [5, 5.41) is 14.8. The first-order chi connectivity index (χ1) is 8.56. The summed E-state index contributed by atoms with van der Waals surface area (Å²) in [7, 11) is 1.58. The molecule has 2 amide bonds. The summed E-state index contributed by atoms with van der Waals surface area (Å²) in [6.45, 7) is 3.58. The second-order valence-electron chi connectivity index (χ2n) is 4.28. The first-order valence-electron chi connectivity index (χ1n) is 5.88. The summed E-state index contributed by atoms with van der Waals surface area (Å²) in [6.07, 6.45) is 0. The van der Waals surface area contributed by atoms with Crippen molar-refractivity contribution in [2.75, 3.05) is 13.7 Å². The zero-order valence-corrected chi connectivity index (χ0v) is 10.9. The van der Waals surface area contributed by atoms with E-state index >= 15 is 0 Å². The maximum Gasteiger partial charge on any atom is 0.315 e. The van der Waals surface area contributed by atoms with Gasteiger partial charge in [-0.2, -0.15) is 0 Å². The Morgan fingerprint density at radius 3 is 2.67 bits per heavy atom. The van der Waals surface area contributed by atoms with E-state index in [-0.39, 0.29) is 18.7 Å². The Hall–Kier alpha value is -1.75. The first kappa shape index (κ1) is 14.3. The molecule has 0 fully saturated rings. The normalized spacial score (nSPS) is 12.1. The predicted octanol–water partition coefficient (Wildman–Crippen LogP) is 1.44. The molecule has 0 heterocycles. The lowest BCUT2D eigenvalue weighted by atomic mass is 10.1. The maximum atomic E-state index is 11.6. The van der Waals surface area contributed by atoms with Gasteiger partial charge < -0.3 is 20.5 Å². The van der Waals surface area contributed by atoms with Crippen LogP contribution in [0, 0.1) is 0 Å². The highest BCUT2D eigenvalue weighted by Crippen LogP contribution is 2.18. The minimum atomic E-state index is -0.446. The number of aliphatic hydroxyl groups is 1. The molecular weight excluding hydrogens is 232 g/mol. The molecule has 0 spiro atoms. The van der Waals surface area contributed by atoms with Crippen molar-refractivity contribution in [3.63, 3.8) is 0 Å². The van der Waals surface area contributed by atoms with Crippen LogP contribution in [-0.2, 0) is 0 Å². The average Bonchev–Trinajstić information content (AvgIpc) is 2.35. The van der Waals surface area contributed by atoms with E-state index in [1.807, 2.05) is 32.0 Å². The molecule has 5 heteroatoms. The van der Waals surface area contributed by atoms with Gasteiger partial charge in [0, 0.05) is 6.04 Å². The molecule has 1 aromatic rings. The molecule has 1 rings (SSSR count). The molecule has 0 unspecified atom stereocenters. The van der Waals surface area contributed by atoms with Crippen LogP contribution in [0.1, 0.15) is 25.5 Å². The molecule has 0 aliphatic rings. The predicted molar refractivity (Wildman–Crippen MR) is 69.6 cm³/mol. The molecule has 0 radical (unpaired) electrons. The number of hydrogen-bond donors (Lipinski definition) is 3. The summed E-state index contributed by atoms with van der Waals surface area (Å²) in [5.74, 6) is 0.692. The number of methoxy groups -OCH3 is 1. The van der Waals surface area contributed by atoms with Crippen LogP contribution in [0.5, 0.6) is 5.75 Å². The topological polar surface area (TPSA) is 70.6 Å². The van der Waals surface area contributed by atoms with Gasteiger partial charge in [-0.3, -0.25) is 0 Å². The summed E-state index contributed by atoms with van der Waals surface area (Å²) in [4.78, 5) is 11.6. The summed E-state index contributed by atoms with van der Waals surface area (Å²) in [6, 6.07) is 6.56. The van der Waals surface area contributed by atoms with Gasteiger partial charge in [-0.25, -0.2) is 4.79 Å². The van der Waals surface area contributed by atoms with Crippen molar-refractivity contribution in [1.82, 2.24) is 10.6 Å². The lowest BCUT2D eigenvalue weighted by molar-refractivity contribution is 0.215. The Labute approximate surface area is 107 Å². The molecule has 1 aromatic carbocycles. The van der Waals surface area contributed by atoms with Gasteiger partial charge in [0.2, 0.25) is 0 Å². The average molecular weight is 252 g/mol. The number of carbonyl (C=O) groups is 1. The molecule has 0 saturated carbocycles. The molecule has 0 aromatic heterocycles. The van der Waals surface area contributed by atoms with Gasteiger partial charge in [-0.05, 0) is 31.5 Å². The first-order valence-corrected chi connectivity index (χ1v) is 5.88. The second kappa shape index (κ2) is 6.86. The third-order valence-corrected chi connectivity index (χ3v) is 2.40. The Kier molecular flexibility index (Phi) is 5.45. The van der Waals surface area contributed by atoms with E-state index in [0.29, 0.717) is 5.75 Å². The van der Waals surface area contributed by atoms with Gasteiger partial charge in [0.05, 0.1) is 19.8 Å². The largest absolute Gasteiger partial charge is 0.497 e. The van der Waals surface area contributed by atoms with E-state index < -0.39 is 6.04 Å².